The third-order valence-corrected chi connectivity index (χ3v) is 3.56. The van der Waals surface area contributed by atoms with E-state index in [0.717, 1.165) is 15.8 Å². The molecule has 2 rings (SSSR count). The number of hydrogen-bond acceptors (Lipinski definition) is 2. The van der Waals surface area contributed by atoms with Crippen LogP contribution in [-0.4, -0.2) is 6.04 Å². The van der Waals surface area contributed by atoms with E-state index in [1.165, 1.54) is 6.07 Å². The molecular weight excluding hydrogens is 369 g/mol. The molecule has 0 unspecified atom stereocenters. The van der Waals surface area contributed by atoms with Gasteiger partial charge >= 0.3 is 0 Å². The smallest absolute Gasteiger partial charge is 0.129 e. The molecule has 2 aromatic rings. The summed E-state index contributed by atoms with van der Waals surface area (Å²) >= 11 is 3.47. The highest BCUT2D eigenvalue weighted by molar-refractivity contribution is 9.10. The summed E-state index contributed by atoms with van der Waals surface area (Å²) in [5.41, 5.74) is 1.61. The molecule has 0 aliphatic rings. The van der Waals surface area contributed by atoms with Crippen molar-refractivity contribution >= 4 is 28.3 Å². The van der Waals surface area contributed by atoms with Crippen molar-refractivity contribution < 1.29 is 9.13 Å². The standard InChI is InChI=1S/C17H19BrFNO.ClH/c1-12(2)20-10-14-9-15(18)7-8-17(14)21-11-13-5-3-4-6-16(13)19;/h3-9,12,20H,10-11H2,1-2H3;1H. The first-order valence-corrected chi connectivity index (χ1v) is 7.73. The fourth-order valence-corrected chi connectivity index (χ4v) is 2.32. The normalized spacial score (nSPS) is 10.4. The lowest BCUT2D eigenvalue weighted by Crippen LogP contribution is -2.22. The molecule has 0 atom stereocenters. The molecule has 0 spiro atoms. The van der Waals surface area contributed by atoms with Crippen LogP contribution in [0.25, 0.3) is 0 Å². The first-order valence-electron chi connectivity index (χ1n) is 6.94. The summed E-state index contributed by atoms with van der Waals surface area (Å²) < 4.78 is 20.4. The van der Waals surface area contributed by atoms with Crippen LogP contribution in [0.3, 0.4) is 0 Å². The van der Waals surface area contributed by atoms with Crippen LogP contribution in [-0.2, 0) is 13.2 Å². The Hall–Kier alpha value is -1.10. The van der Waals surface area contributed by atoms with Crippen molar-refractivity contribution in [2.24, 2.45) is 0 Å². The van der Waals surface area contributed by atoms with Gasteiger partial charge in [-0.1, -0.05) is 48.0 Å². The van der Waals surface area contributed by atoms with Gasteiger partial charge in [0.2, 0.25) is 0 Å². The maximum Gasteiger partial charge on any atom is 0.129 e. The van der Waals surface area contributed by atoms with Crippen LogP contribution < -0.4 is 10.1 Å². The topological polar surface area (TPSA) is 21.3 Å². The summed E-state index contributed by atoms with van der Waals surface area (Å²) in [4.78, 5) is 0. The molecule has 0 radical (unpaired) electrons. The number of hydrogen-bond donors (Lipinski definition) is 1. The average Bonchev–Trinajstić information content (AvgIpc) is 2.45. The molecular formula is C17H20BrClFNO. The van der Waals surface area contributed by atoms with E-state index in [9.17, 15) is 4.39 Å². The number of nitrogens with one attached hydrogen (secondary N) is 1. The molecule has 0 aliphatic carbocycles. The van der Waals surface area contributed by atoms with E-state index < -0.39 is 0 Å². The molecule has 0 aromatic heterocycles. The van der Waals surface area contributed by atoms with Crippen LogP contribution in [0.4, 0.5) is 4.39 Å². The van der Waals surface area contributed by atoms with Gasteiger partial charge in [0.25, 0.3) is 0 Å². The average molecular weight is 389 g/mol. The number of benzene rings is 2. The Morgan fingerprint density at radius 2 is 1.86 bits per heavy atom. The Morgan fingerprint density at radius 3 is 2.55 bits per heavy atom. The summed E-state index contributed by atoms with van der Waals surface area (Å²) in [5, 5.41) is 3.36. The lowest BCUT2D eigenvalue weighted by atomic mass is 10.2. The van der Waals surface area contributed by atoms with Crippen molar-refractivity contribution in [3.63, 3.8) is 0 Å². The lowest BCUT2D eigenvalue weighted by molar-refractivity contribution is 0.295. The molecule has 2 aromatic carbocycles. The molecule has 120 valence electrons. The van der Waals surface area contributed by atoms with Crippen LogP contribution in [0.15, 0.2) is 46.9 Å². The molecule has 0 bridgehead atoms. The fraction of sp³-hybridized carbons (Fsp3) is 0.294. The third-order valence-electron chi connectivity index (χ3n) is 3.06. The summed E-state index contributed by atoms with van der Waals surface area (Å²) in [7, 11) is 0. The zero-order valence-electron chi connectivity index (χ0n) is 12.6. The van der Waals surface area contributed by atoms with E-state index in [1.807, 2.05) is 24.3 Å². The predicted molar refractivity (Wildman–Crippen MR) is 94.1 cm³/mol. The zero-order chi connectivity index (χ0) is 15.2. The summed E-state index contributed by atoms with van der Waals surface area (Å²) in [6.07, 6.45) is 0. The Bertz CT molecular complexity index is 607. The summed E-state index contributed by atoms with van der Waals surface area (Å²) in [5.74, 6) is 0.533. The van der Waals surface area contributed by atoms with Crippen molar-refractivity contribution in [2.45, 2.75) is 33.0 Å². The first-order chi connectivity index (χ1) is 10.1. The van der Waals surface area contributed by atoms with E-state index >= 15 is 0 Å². The van der Waals surface area contributed by atoms with E-state index in [1.54, 1.807) is 12.1 Å². The minimum Gasteiger partial charge on any atom is -0.488 e. The second-order valence-electron chi connectivity index (χ2n) is 5.17. The molecule has 0 saturated heterocycles. The SMILES string of the molecule is CC(C)NCc1cc(Br)ccc1OCc1ccccc1F.Cl. The Kier molecular flexibility index (Phi) is 7.87. The van der Waals surface area contributed by atoms with E-state index in [4.69, 9.17) is 4.74 Å². The van der Waals surface area contributed by atoms with E-state index in [2.05, 4.69) is 35.1 Å². The molecule has 0 heterocycles. The molecule has 0 aliphatic heterocycles. The zero-order valence-corrected chi connectivity index (χ0v) is 15.0. The minimum absolute atomic E-state index is 0. The highest BCUT2D eigenvalue weighted by atomic mass is 79.9. The van der Waals surface area contributed by atoms with Crippen molar-refractivity contribution in [2.75, 3.05) is 0 Å². The maximum atomic E-state index is 13.6. The van der Waals surface area contributed by atoms with E-state index in [0.29, 0.717) is 18.2 Å². The largest absolute Gasteiger partial charge is 0.488 e. The Labute approximate surface area is 145 Å². The van der Waals surface area contributed by atoms with Crippen molar-refractivity contribution in [3.8, 4) is 5.75 Å². The molecule has 1 N–H and O–H groups in total. The lowest BCUT2D eigenvalue weighted by Gasteiger charge is -2.14. The highest BCUT2D eigenvalue weighted by Gasteiger charge is 2.07. The first kappa shape index (κ1) is 18.9. The van der Waals surface area contributed by atoms with Crippen LogP contribution in [0, 0.1) is 5.82 Å². The van der Waals surface area contributed by atoms with Gasteiger partial charge in [0.1, 0.15) is 18.2 Å². The van der Waals surface area contributed by atoms with Gasteiger partial charge in [0.05, 0.1) is 0 Å². The van der Waals surface area contributed by atoms with E-state index in [-0.39, 0.29) is 24.8 Å². The fourth-order valence-electron chi connectivity index (χ4n) is 1.91. The van der Waals surface area contributed by atoms with Gasteiger partial charge in [0.15, 0.2) is 0 Å². The molecule has 0 saturated carbocycles. The Balaban J connectivity index is 0.00000242. The number of rotatable bonds is 6. The van der Waals surface area contributed by atoms with Crippen LogP contribution in [0.5, 0.6) is 5.75 Å². The third kappa shape index (κ3) is 5.59. The molecule has 0 fully saturated rings. The number of halogens is 3. The van der Waals surface area contributed by atoms with Gasteiger partial charge in [-0.15, -0.1) is 12.4 Å². The maximum absolute atomic E-state index is 13.6. The van der Waals surface area contributed by atoms with Gasteiger partial charge in [-0.05, 0) is 24.3 Å². The predicted octanol–water partition coefficient (Wildman–Crippen LogP) is 5.09. The molecule has 5 heteroatoms. The van der Waals surface area contributed by atoms with Gasteiger partial charge in [-0.2, -0.15) is 0 Å². The Morgan fingerprint density at radius 1 is 1.14 bits per heavy atom. The monoisotopic (exact) mass is 387 g/mol. The molecule has 2 nitrogen and oxygen atoms in total. The minimum atomic E-state index is -0.239. The second-order valence-corrected chi connectivity index (χ2v) is 6.08. The summed E-state index contributed by atoms with van der Waals surface area (Å²) in [6.45, 7) is 5.13. The molecule has 0 amide bonds. The van der Waals surface area contributed by atoms with Crippen LogP contribution >= 0.6 is 28.3 Å². The van der Waals surface area contributed by atoms with Gasteiger partial charge in [-0.3, -0.25) is 0 Å². The van der Waals surface area contributed by atoms with Crippen molar-refractivity contribution in [1.82, 2.24) is 5.32 Å². The highest BCUT2D eigenvalue weighted by Crippen LogP contribution is 2.24. The molecule has 22 heavy (non-hydrogen) atoms. The van der Waals surface area contributed by atoms with Gasteiger partial charge in [0, 0.05) is 28.2 Å². The van der Waals surface area contributed by atoms with Crippen molar-refractivity contribution in [3.05, 3.63) is 63.9 Å². The summed E-state index contributed by atoms with van der Waals surface area (Å²) in [6, 6.07) is 12.9. The van der Waals surface area contributed by atoms with Crippen LogP contribution in [0.1, 0.15) is 25.0 Å². The van der Waals surface area contributed by atoms with Gasteiger partial charge in [-0.25, -0.2) is 4.39 Å². The number of ether oxygens (including phenoxy) is 1. The van der Waals surface area contributed by atoms with Crippen molar-refractivity contribution in [1.29, 1.82) is 0 Å². The van der Waals surface area contributed by atoms with Gasteiger partial charge < -0.3 is 10.1 Å². The quantitative estimate of drug-likeness (QED) is 0.744. The van der Waals surface area contributed by atoms with Crippen LogP contribution in [0.2, 0.25) is 0 Å². The second kappa shape index (κ2) is 9.13.